The van der Waals surface area contributed by atoms with Crippen LogP contribution in [-0.4, -0.2) is 20.3 Å². The van der Waals surface area contributed by atoms with Crippen LogP contribution in [-0.2, 0) is 6.54 Å². The van der Waals surface area contributed by atoms with Crippen LogP contribution >= 0.6 is 34.9 Å². The Morgan fingerprint density at radius 1 is 1.55 bits per heavy atom. The van der Waals surface area contributed by atoms with Gasteiger partial charge in [-0.1, -0.05) is 29.3 Å². The highest BCUT2D eigenvalue weighted by atomic mass is 35.5. The predicted octanol–water partition coefficient (Wildman–Crippen LogP) is 3.73. The fraction of sp³-hybridized carbons (Fsp3) is 0.333. The minimum atomic E-state index is 0.154. The van der Waals surface area contributed by atoms with Crippen molar-refractivity contribution in [3.63, 3.8) is 0 Å². The number of hydrogen-bond donors (Lipinski definition) is 0. The molecule has 2 aromatic rings. The lowest BCUT2D eigenvalue weighted by atomic mass is 10.2. The zero-order chi connectivity index (χ0) is 15.7. The van der Waals surface area contributed by atoms with E-state index in [0.29, 0.717) is 10.8 Å². The Bertz CT molecular complexity index is 817. The number of fused-ring (bicyclic) bond motifs is 1. The van der Waals surface area contributed by atoms with Crippen molar-refractivity contribution < 1.29 is 4.74 Å². The molecule has 1 aromatic heterocycles. The molecule has 0 saturated heterocycles. The molecule has 0 saturated carbocycles. The Labute approximate surface area is 142 Å². The zero-order valence-electron chi connectivity index (χ0n) is 12.2. The Hall–Kier alpha value is -1.42. The van der Waals surface area contributed by atoms with Crippen LogP contribution in [0.2, 0.25) is 5.02 Å². The normalized spacial score (nSPS) is 16.4. The summed E-state index contributed by atoms with van der Waals surface area (Å²) in [5.41, 5.74) is 0.769. The van der Waals surface area contributed by atoms with Crippen LogP contribution in [0.4, 0.5) is 5.69 Å². The van der Waals surface area contributed by atoms with Crippen LogP contribution in [0.3, 0.4) is 0 Å². The summed E-state index contributed by atoms with van der Waals surface area (Å²) in [4.78, 5) is 5.54. The van der Waals surface area contributed by atoms with Gasteiger partial charge in [0.15, 0.2) is 5.16 Å². The molecule has 1 aliphatic heterocycles. The van der Waals surface area contributed by atoms with Crippen LogP contribution in [0.15, 0.2) is 28.3 Å². The largest absolute Gasteiger partial charge is 0.479 e. The first-order chi connectivity index (χ1) is 10.5. The first kappa shape index (κ1) is 15.5. The number of rotatable bonds is 3. The molecule has 22 heavy (non-hydrogen) atoms. The molecule has 4 nitrogen and oxygen atoms in total. The molecule has 0 radical (unpaired) electrons. The fourth-order valence-electron chi connectivity index (χ4n) is 2.11. The molecule has 0 aliphatic carbocycles. The molecular formula is C15H14ClN3OS2. The summed E-state index contributed by atoms with van der Waals surface area (Å²) < 4.78 is 12.2. The lowest BCUT2D eigenvalue weighted by Gasteiger charge is -2.12. The van der Waals surface area contributed by atoms with E-state index < -0.39 is 0 Å². The number of benzene rings is 1. The minimum Gasteiger partial charge on any atom is -0.479 e. The molecule has 114 valence electrons. The van der Waals surface area contributed by atoms with Crippen molar-refractivity contribution in [2.45, 2.75) is 30.3 Å². The Balaban J connectivity index is 1.96. The molecule has 0 atom stereocenters. The predicted molar refractivity (Wildman–Crippen MR) is 91.0 cm³/mol. The summed E-state index contributed by atoms with van der Waals surface area (Å²) in [6.45, 7) is 5.48. The molecule has 1 aliphatic rings. The van der Waals surface area contributed by atoms with E-state index in [-0.39, 0.29) is 11.4 Å². The Morgan fingerprint density at radius 2 is 2.36 bits per heavy atom. The lowest BCUT2D eigenvalue weighted by Crippen LogP contribution is -2.21. The van der Waals surface area contributed by atoms with Crippen molar-refractivity contribution in [3.05, 3.63) is 28.0 Å². The number of hydrogen-bond acceptors (Lipinski definition) is 5. The first-order valence-corrected chi connectivity index (χ1v) is 8.61. The molecule has 2 heterocycles. The highest BCUT2D eigenvalue weighted by Gasteiger charge is 2.31. The summed E-state index contributed by atoms with van der Waals surface area (Å²) in [6.07, 6.45) is 5.21. The van der Waals surface area contributed by atoms with Gasteiger partial charge in [-0.2, -0.15) is 4.37 Å². The monoisotopic (exact) mass is 351 g/mol. The molecule has 7 heteroatoms. The van der Waals surface area contributed by atoms with Gasteiger partial charge in [0.2, 0.25) is 4.80 Å². The third-order valence-corrected chi connectivity index (χ3v) is 5.37. The van der Waals surface area contributed by atoms with Gasteiger partial charge in [-0.25, -0.2) is 4.99 Å². The van der Waals surface area contributed by atoms with Gasteiger partial charge in [-0.15, -0.1) is 6.42 Å². The zero-order valence-corrected chi connectivity index (χ0v) is 14.6. The summed E-state index contributed by atoms with van der Waals surface area (Å²) in [5, 5.41) is 1.54. The maximum atomic E-state index is 6.09. The SMILES string of the molecule is C#CCOc1cc(N=c2snc3n2CC(C)(C)S3)ccc1Cl. The van der Waals surface area contributed by atoms with Crippen LogP contribution in [0.25, 0.3) is 0 Å². The minimum absolute atomic E-state index is 0.154. The van der Waals surface area contributed by atoms with Gasteiger partial charge < -0.3 is 4.74 Å². The fourth-order valence-corrected chi connectivity index (χ4v) is 4.21. The molecule has 3 rings (SSSR count). The van der Waals surface area contributed by atoms with Crippen molar-refractivity contribution in [2.24, 2.45) is 4.99 Å². The van der Waals surface area contributed by atoms with Crippen LogP contribution in [0, 0.1) is 12.3 Å². The Kier molecular flexibility index (Phi) is 4.22. The van der Waals surface area contributed by atoms with Crippen molar-refractivity contribution in [1.82, 2.24) is 8.94 Å². The van der Waals surface area contributed by atoms with Crippen LogP contribution in [0.1, 0.15) is 13.8 Å². The van der Waals surface area contributed by atoms with Crippen molar-refractivity contribution in [3.8, 4) is 18.1 Å². The van der Waals surface area contributed by atoms with Gasteiger partial charge in [-0.05, 0) is 26.0 Å². The molecule has 0 N–H and O–H groups in total. The number of terminal acetylenes is 1. The molecule has 1 aromatic carbocycles. The summed E-state index contributed by atoms with van der Waals surface area (Å²) in [7, 11) is 0. The average Bonchev–Trinajstić information content (AvgIpc) is 2.96. The first-order valence-electron chi connectivity index (χ1n) is 6.64. The Morgan fingerprint density at radius 3 is 3.14 bits per heavy atom. The molecule has 0 amide bonds. The van der Waals surface area contributed by atoms with Gasteiger partial charge in [0.25, 0.3) is 0 Å². The second kappa shape index (κ2) is 5.99. The summed E-state index contributed by atoms with van der Waals surface area (Å²) in [6, 6.07) is 5.40. The number of nitrogens with zero attached hydrogens (tertiary/aromatic N) is 3. The standard InChI is InChI=1S/C15H14ClN3OS2/c1-4-7-20-12-8-10(5-6-11(12)16)17-13-19-9-15(2,3)21-14(19)18-22-13/h1,5-6,8H,7,9H2,2-3H3. The third kappa shape index (κ3) is 3.17. The molecule has 0 unspecified atom stereocenters. The quantitative estimate of drug-likeness (QED) is 0.791. The van der Waals surface area contributed by atoms with Crippen molar-refractivity contribution >= 4 is 40.6 Å². The second-order valence-corrected chi connectivity index (χ2v) is 8.23. The molecule has 0 fully saturated rings. The molecule has 0 spiro atoms. The molecule has 0 bridgehead atoms. The van der Waals surface area contributed by atoms with Gasteiger partial charge in [0.1, 0.15) is 12.4 Å². The van der Waals surface area contributed by atoms with Gasteiger partial charge in [-0.3, -0.25) is 4.57 Å². The van der Waals surface area contributed by atoms with Crippen molar-refractivity contribution in [1.29, 1.82) is 0 Å². The number of halogens is 1. The number of thioether (sulfide) groups is 1. The van der Waals surface area contributed by atoms with E-state index in [1.807, 2.05) is 6.07 Å². The van der Waals surface area contributed by atoms with E-state index in [2.05, 4.69) is 33.7 Å². The summed E-state index contributed by atoms with van der Waals surface area (Å²) in [5.74, 6) is 2.97. The van der Waals surface area contributed by atoms with E-state index in [9.17, 15) is 0 Å². The topological polar surface area (TPSA) is 39.4 Å². The van der Waals surface area contributed by atoms with E-state index in [0.717, 1.165) is 22.2 Å². The van der Waals surface area contributed by atoms with E-state index in [4.69, 9.17) is 22.8 Å². The highest BCUT2D eigenvalue weighted by molar-refractivity contribution is 8.00. The van der Waals surface area contributed by atoms with Crippen molar-refractivity contribution in [2.75, 3.05) is 6.61 Å². The van der Waals surface area contributed by atoms with E-state index in [1.54, 1.807) is 23.9 Å². The second-order valence-electron chi connectivity index (χ2n) is 5.41. The molecular weight excluding hydrogens is 338 g/mol. The van der Waals surface area contributed by atoms with Crippen LogP contribution in [0.5, 0.6) is 5.75 Å². The van der Waals surface area contributed by atoms with E-state index >= 15 is 0 Å². The van der Waals surface area contributed by atoms with Gasteiger partial charge >= 0.3 is 0 Å². The smallest absolute Gasteiger partial charge is 0.210 e. The van der Waals surface area contributed by atoms with Crippen LogP contribution < -0.4 is 9.54 Å². The number of aromatic nitrogens is 2. The maximum Gasteiger partial charge on any atom is 0.210 e. The highest BCUT2D eigenvalue weighted by Crippen LogP contribution is 2.38. The van der Waals surface area contributed by atoms with Gasteiger partial charge in [0, 0.05) is 28.9 Å². The average molecular weight is 352 g/mol. The maximum absolute atomic E-state index is 6.09. The number of ether oxygens (including phenoxy) is 1. The summed E-state index contributed by atoms with van der Waals surface area (Å²) >= 11 is 9.26. The van der Waals surface area contributed by atoms with Gasteiger partial charge in [0.05, 0.1) is 10.7 Å². The van der Waals surface area contributed by atoms with E-state index in [1.165, 1.54) is 11.5 Å². The third-order valence-electron chi connectivity index (χ3n) is 3.02. The lowest BCUT2D eigenvalue weighted by molar-refractivity contribution is 0.371.